The molecule has 2 N–H and O–H groups in total. The van der Waals surface area contributed by atoms with E-state index in [1.54, 1.807) is 0 Å². The fourth-order valence-electron chi connectivity index (χ4n) is 1.93. The van der Waals surface area contributed by atoms with Crippen LogP contribution in [0, 0.1) is 11.3 Å². The topological polar surface area (TPSA) is 35.2 Å². The summed E-state index contributed by atoms with van der Waals surface area (Å²) in [4.78, 5) is 0. The van der Waals surface area contributed by atoms with Crippen molar-refractivity contribution in [2.75, 3.05) is 13.2 Å². The molecule has 1 fully saturated rings. The van der Waals surface area contributed by atoms with E-state index in [0.717, 1.165) is 12.5 Å². The summed E-state index contributed by atoms with van der Waals surface area (Å²) >= 11 is 0. The normalized spacial score (nSPS) is 29.1. The van der Waals surface area contributed by atoms with E-state index >= 15 is 0 Å². The van der Waals surface area contributed by atoms with Gasteiger partial charge in [0, 0.05) is 5.41 Å². The minimum absolute atomic E-state index is 0.140. The molecule has 0 aromatic carbocycles. The van der Waals surface area contributed by atoms with Crippen LogP contribution in [-0.4, -0.2) is 19.3 Å². The zero-order valence-corrected chi connectivity index (χ0v) is 9.88. The monoisotopic (exact) mass is 199 g/mol. The minimum atomic E-state index is 0.140. The van der Waals surface area contributed by atoms with Gasteiger partial charge in [0.2, 0.25) is 0 Å². The molecule has 84 valence electrons. The summed E-state index contributed by atoms with van der Waals surface area (Å²) in [5.74, 6) is 0.842. The van der Waals surface area contributed by atoms with Gasteiger partial charge in [0.25, 0.3) is 0 Å². The van der Waals surface area contributed by atoms with Gasteiger partial charge in [0.1, 0.15) is 0 Å². The lowest BCUT2D eigenvalue weighted by molar-refractivity contribution is -0.0214. The second-order valence-electron chi connectivity index (χ2n) is 5.57. The molecular weight excluding hydrogens is 174 g/mol. The van der Waals surface area contributed by atoms with Crippen molar-refractivity contribution in [3.63, 3.8) is 0 Å². The van der Waals surface area contributed by atoms with Crippen molar-refractivity contribution in [2.45, 2.75) is 52.6 Å². The smallest absolute Gasteiger partial charge is 0.0578 e. The molecule has 2 atom stereocenters. The Bertz CT molecular complexity index is 168. The van der Waals surface area contributed by atoms with Crippen LogP contribution in [0.3, 0.4) is 0 Å². The molecule has 0 amide bonds. The Hall–Kier alpha value is -0.0800. The van der Waals surface area contributed by atoms with Crippen LogP contribution in [-0.2, 0) is 4.74 Å². The van der Waals surface area contributed by atoms with Crippen LogP contribution in [0.25, 0.3) is 0 Å². The van der Waals surface area contributed by atoms with E-state index in [9.17, 15) is 0 Å². The third kappa shape index (κ3) is 3.97. The molecule has 0 aliphatic heterocycles. The summed E-state index contributed by atoms with van der Waals surface area (Å²) in [6.07, 6.45) is 5.67. The second-order valence-corrected chi connectivity index (χ2v) is 5.57. The maximum absolute atomic E-state index is 5.93. The van der Waals surface area contributed by atoms with E-state index < -0.39 is 0 Å². The summed E-state index contributed by atoms with van der Waals surface area (Å²) < 4.78 is 5.93. The maximum atomic E-state index is 5.93. The number of hydrogen-bond donors (Lipinski definition) is 1. The first kappa shape index (κ1) is 12.0. The van der Waals surface area contributed by atoms with Gasteiger partial charge in [-0.15, -0.1) is 0 Å². The summed E-state index contributed by atoms with van der Waals surface area (Å²) in [7, 11) is 0. The van der Waals surface area contributed by atoms with Crippen LogP contribution < -0.4 is 5.73 Å². The summed E-state index contributed by atoms with van der Waals surface area (Å²) in [5.41, 5.74) is 5.81. The van der Waals surface area contributed by atoms with Crippen molar-refractivity contribution in [3.05, 3.63) is 0 Å². The largest absolute Gasteiger partial charge is 0.378 e. The highest BCUT2D eigenvalue weighted by molar-refractivity contribution is 4.73. The van der Waals surface area contributed by atoms with Crippen molar-refractivity contribution in [1.82, 2.24) is 0 Å². The van der Waals surface area contributed by atoms with Gasteiger partial charge in [0.15, 0.2) is 0 Å². The van der Waals surface area contributed by atoms with E-state index in [1.807, 2.05) is 0 Å². The first-order valence-corrected chi connectivity index (χ1v) is 5.85. The van der Waals surface area contributed by atoms with E-state index in [0.29, 0.717) is 12.6 Å². The Morgan fingerprint density at radius 3 is 2.64 bits per heavy atom. The predicted molar refractivity (Wildman–Crippen MR) is 60.2 cm³/mol. The molecule has 0 aromatic heterocycles. The van der Waals surface area contributed by atoms with Crippen molar-refractivity contribution >= 4 is 0 Å². The number of hydrogen-bond acceptors (Lipinski definition) is 2. The van der Waals surface area contributed by atoms with E-state index in [-0.39, 0.29) is 5.41 Å². The van der Waals surface area contributed by atoms with Crippen molar-refractivity contribution in [1.29, 1.82) is 0 Å². The molecule has 1 aliphatic carbocycles. The van der Waals surface area contributed by atoms with Gasteiger partial charge in [-0.25, -0.2) is 0 Å². The Morgan fingerprint density at radius 2 is 2.07 bits per heavy atom. The molecule has 0 bridgehead atoms. The molecular formula is C12H25NO. The summed E-state index contributed by atoms with van der Waals surface area (Å²) in [6.45, 7) is 8.16. The van der Waals surface area contributed by atoms with E-state index in [4.69, 9.17) is 10.5 Å². The summed E-state index contributed by atoms with van der Waals surface area (Å²) in [6, 6.07) is 0. The molecule has 0 spiro atoms. The van der Waals surface area contributed by atoms with Gasteiger partial charge in [-0.05, 0) is 25.3 Å². The SMILES string of the molecule is CC1CCCC(OCC(C)(C)CN)C1. The standard InChI is InChI=1S/C12H25NO/c1-10-5-4-6-11(7-10)14-9-12(2,3)8-13/h10-11H,4-9,13H2,1-3H3. The molecule has 14 heavy (non-hydrogen) atoms. The highest BCUT2D eigenvalue weighted by Gasteiger charge is 2.22. The first-order chi connectivity index (χ1) is 6.53. The molecule has 0 saturated heterocycles. The predicted octanol–water partition coefficient (Wildman–Crippen LogP) is 2.57. The van der Waals surface area contributed by atoms with Crippen LogP contribution in [0.2, 0.25) is 0 Å². The van der Waals surface area contributed by atoms with Crippen LogP contribution in [0.15, 0.2) is 0 Å². The second kappa shape index (κ2) is 5.13. The Kier molecular flexibility index (Phi) is 4.39. The Balaban J connectivity index is 2.23. The van der Waals surface area contributed by atoms with Crippen molar-refractivity contribution in [2.24, 2.45) is 17.1 Å². The molecule has 0 heterocycles. The average molecular weight is 199 g/mol. The van der Waals surface area contributed by atoms with Crippen LogP contribution in [0.1, 0.15) is 46.5 Å². The number of ether oxygens (including phenoxy) is 1. The van der Waals surface area contributed by atoms with Gasteiger partial charge >= 0.3 is 0 Å². The Labute approximate surface area is 88.2 Å². The fraction of sp³-hybridized carbons (Fsp3) is 1.00. The molecule has 2 nitrogen and oxygen atoms in total. The van der Waals surface area contributed by atoms with Crippen LogP contribution in [0.4, 0.5) is 0 Å². The van der Waals surface area contributed by atoms with E-state index in [1.165, 1.54) is 25.7 Å². The van der Waals surface area contributed by atoms with E-state index in [2.05, 4.69) is 20.8 Å². The highest BCUT2D eigenvalue weighted by Crippen LogP contribution is 2.27. The van der Waals surface area contributed by atoms with Gasteiger partial charge in [-0.2, -0.15) is 0 Å². The van der Waals surface area contributed by atoms with Crippen LogP contribution in [0.5, 0.6) is 0 Å². The quantitative estimate of drug-likeness (QED) is 0.755. The van der Waals surface area contributed by atoms with Gasteiger partial charge in [0.05, 0.1) is 12.7 Å². The zero-order chi connectivity index (χ0) is 10.6. The minimum Gasteiger partial charge on any atom is -0.378 e. The van der Waals surface area contributed by atoms with Crippen molar-refractivity contribution < 1.29 is 4.74 Å². The molecule has 2 heteroatoms. The first-order valence-electron chi connectivity index (χ1n) is 5.85. The molecule has 1 aliphatic rings. The zero-order valence-electron chi connectivity index (χ0n) is 9.88. The third-order valence-corrected chi connectivity index (χ3v) is 3.15. The molecule has 0 radical (unpaired) electrons. The van der Waals surface area contributed by atoms with Crippen LogP contribution >= 0.6 is 0 Å². The highest BCUT2D eigenvalue weighted by atomic mass is 16.5. The lowest BCUT2D eigenvalue weighted by Crippen LogP contribution is -2.32. The summed E-state index contributed by atoms with van der Waals surface area (Å²) in [5, 5.41) is 0. The fourth-order valence-corrected chi connectivity index (χ4v) is 1.93. The number of rotatable bonds is 4. The van der Waals surface area contributed by atoms with Gasteiger partial charge in [-0.3, -0.25) is 0 Å². The lowest BCUT2D eigenvalue weighted by Gasteiger charge is -2.30. The van der Waals surface area contributed by atoms with Crippen molar-refractivity contribution in [3.8, 4) is 0 Å². The molecule has 1 saturated carbocycles. The maximum Gasteiger partial charge on any atom is 0.0578 e. The molecule has 0 aromatic rings. The average Bonchev–Trinajstić information content (AvgIpc) is 2.15. The molecule has 2 unspecified atom stereocenters. The lowest BCUT2D eigenvalue weighted by atomic mass is 9.88. The third-order valence-electron chi connectivity index (χ3n) is 3.15. The van der Waals surface area contributed by atoms with Gasteiger partial charge in [-0.1, -0.05) is 33.6 Å². The Morgan fingerprint density at radius 1 is 1.36 bits per heavy atom. The van der Waals surface area contributed by atoms with Gasteiger partial charge < -0.3 is 10.5 Å². The molecule has 1 rings (SSSR count). The number of nitrogens with two attached hydrogens (primary N) is 1.